The number of hydrogen-bond acceptors (Lipinski definition) is 3. The fourth-order valence-electron chi connectivity index (χ4n) is 8.40. The second kappa shape index (κ2) is 8.83. The standard InChI is InChI=1S/C39H41N3/c1-37(2,3)26-16-18-28-29-19-17-27(42-23-11-22-41-21-10-20-40-36(41)42)25-35(29)39(34(28)24-26)32-14-8-6-12-30(32)38(4,5)31-13-7-9-15-33(31)39/h6-9,12-19,24-25H,10-11,20-23H2,1-5H3. The van der Waals surface area contributed by atoms with Crippen molar-refractivity contribution >= 4 is 11.6 Å². The highest BCUT2D eigenvalue weighted by Gasteiger charge is 2.53. The lowest BCUT2D eigenvalue weighted by molar-refractivity contribution is 0.360. The quantitative estimate of drug-likeness (QED) is 0.209. The van der Waals surface area contributed by atoms with E-state index in [0.29, 0.717) is 0 Å². The molecule has 1 spiro atoms. The van der Waals surface area contributed by atoms with Gasteiger partial charge in [0.1, 0.15) is 0 Å². The molecule has 2 aliphatic carbocycles. The Kier molecular flexibility index (Phi) is 5.43. The van der Waals surface area contributed by atoms with Crippen molar-refractivity contribution < 1.29 is 0 Å². The van der Waals surface area contributed by atoms with Crippen molar-refractivity contribution in [1.82, 2.24) is 4.90 Å². The van der Waals surface area contributed by atoms with Gasteiger partial charge in [-0.2, -0.15) is 0 Å². The first-order valence-corrected chi connectivity index (χ1v) is 15.8. The predicted molar refractivity (Wildman–Crippen MR) is 175 cm³/mol. The van der Waals surface area contributed by atoms with Gasteiger partial charge in [0.25, 0.3) is 0 Å². The highest BCUT2D eigenvalue weighted by Crippen LogP contribution is 2.62. The molecule has 0 amide bonds. The van der Waals surface area contributed by atoms with Crippen LogP contribution >= 0.6 is 0 Å². The molecule has 212 valence electrons. The van der Waals surface area contributed by atoms with E-state index in [0.717, 1.165) is 45.0 Å². The second-order valence-corrected chi connectivity index (χ2v) is 14.2. The Labute approximate surface area is 250 Å². The number of hydrogen-bond donors (Lipinski definition) is 0. The van der Waals surface area contributed by atoms with Gasteiger partial charge < -0.3 is 9.80 Å². The zero-order valence-corrected chi connectivity index (χ0v) is 25.7. The van der Waals surface area contributed by atoms with Crippen LogP contribution in [0.2, 0.25) is 0 Å². The Balaban J connectivity index is 1.47. The van der Waals surface area contributed by atoms with Crippen LogP contribution in [-0.4, -0.2) is 37.0 Å². The van der Waals surface area contributed by atoms with Crippen LogP contribution in [-0.2, 0) is 16.2 Å². The average Bonchev–Trinajstić information content (AvgIpc) is 3.29. The molecule has 1 saturated heterocycles. The fourth-order valence-corrected chi connectivity index (χ4v) is 8.40. The van der Waals surface area contributed by atoms with Gasteiger partial charge in [0.05, 0.1) is 5.41 Å². The van der Waals surface area contributed by atoms with Crippen molar-refractivity contribution in [2.24, 2.45) is 4.99 Å². The molecule has 3 heteroatoms. The third-order valence-electron chi connectivity index (χ3n) is 10.5. The summed E-state index contributed by atoms with van der Waals surface area (Å²) in [7, 11) is 0. The van der Waals surface area contributed by atoms with E-state index in [-0.39, 0.29) is 16.2 Å². The lowest BCUT2D eigenvalue weighted by Crippen LogP contribution is -2.52. The summed E-state index contributed by atoms with van der Waals surface area (Å²) >= 11 is 0. The topological polar surface area (TPSA) is 18.8 Å². The molecule has 4 aromatic rings. The summed E-state index contributed by atoms with van der Waals surface area (Å²) in [5, 5.41) is 0. The number of rotatable bonds is 1. The van der Waals surface area contributed by atoms with Crippen LogP contribution in [0.15, 0.2) is 89.9 Å². The Morgan fingerprint density at radius 3 is 1.90 bits per heavy atom. The number of nitrogens with zero attached hydrogens (tertiary/aromatic N) is 3. The molecule has 0 atom stereocenters. The highest BCUT2D eigenvalue weighted by atomic mass is 15.4. The summed E-state index contributed by atoms with van der Waals surface area (Å²) in [5.74, 6) is 1.16. The molecule has 0 radical (unpaired) electrons. The Hall–Kier alpha value is -3.85. The van der Waals surface area contributed by atoms with E-state index in [1.165, 1.54) is 55.8 Å². The number of benzene rings is 4. The van der Waals surface area contributed by atoms with E-state index in [4.69, 9.17) is 4.99 Å². The smallest absolute Gasteiger partial charge is 0.201 e. The summed E-state index contributed by atoms with van der Waals surface area (Å²) in [4.78, 5) is 10.0. The Morgan fingerprint density at radius 2 is 1.24 bits per heavy atom. The molecule has 0 N–H and O–H groups in total. The van der Waals surface area contributed by atoms with E-state index in [9.17, 15) is 0 Å². The molecule has 8 rings (SSSR count). The molecule has 2 heterocycles. The van der Waals surface area contributed by atoms with Crippen molar-refractivity contribution in [2.75, 3.05) is 31.1 Å². The Bertz CT molecular complexity index is 1720. The summed E-state index contributed by atoms with van der Waals surface area (Å²) in [6, 6.07) is 33.1. The first-order valence-electron chi connectivity index (χ1n) is 15.8. The molecule has 42 heavy (non-hydrogen) atoms. The zero-order chi connectivity index (χ0) is 28.9. The molecular weight excluding hydrogens is 510 g/mol. The Morgan fingerprint density at radius 1 is 0.643 bits per heavy atom. The van der Waals surface area contributed by atoms with E-state index in [1.807, 2.05) is 0 Å². The van der Waals surface area contributed by atoms with Gasteiger partial charge in [-0.05, 0) is 80.5 Å². The summed E-state index contributed by atoms with van der Waals surface area (Å²) in [6.45, 7) is 16.0. The van der Waals surface area contributed by atoms with Crippen molar-refractivity contribution in [2.45, 2.75) is 63.7 Å². The second-order valence-electron chi connectivity index (χ2n) is 14.2. The predicted octanol–water partition coefficient (Wildman–Crippen LogP) is 8.26. The maximum absolute atomic E-state index is 5.04. The van der Waals surface area contributed by atoms with Gasteiger partial charge in [-0.3, -0.25) is 4.99 Å². The van der Waals surface area contributed by atoms with E-state index in [2.05, 4.69) is 129 Å². The largest absolute Gasteiger partial charge is 0.342 e. The normalized spacial score (nSPS) is 19.4. The highest BCUT2D eigenvalue weighted by molar-refractivity contribution is 5.98. The summed E-state index contributed by atoms with van der Waals surface area (Å²) in [5.41, 5.74) is 13.5. The van der Waals surface area contributed by atoms with Crippen LogP contribution in [0.3, 0.4) is 0 Å². The molecule has 0 saturated carbocycles. The van der Waals surface area contributed by atoms with Crippen molar-refractivity contribution in [3.05, 3.63) is 124 Å². The number of fused-ring (bicyclic) bond motifs is 10. The van der Waals surface area contributed by atoms with Crippen LogP contribution in [0.1, 0.15) is 86.4 Å². The van der Waals surface area contributed by atoms with Crippen LogP contribution in [0.4, 0.5) is 5.69 Å². The third-order valence-corrected chi connectivity index (χ3v) is 10.5. The maximum Gasteiger partial charge on any atom is 0.201 e. The molecule has 4 aromatic carbocycles. The molecule has 0 unspecified atom stereocenters. The SMILES string of the molecule is CC(C)(C)c1ccc2c(c1)C1(c3cc(N4CCCN5CCCN=C54)ccc3-2)c2ccccc2C(C)(C)c2ccccc21. The first-order chi connectivity index (χ1) is 20.2. The van der Waals surface area contributed by atoms with Gasteiger partial charge >= 0.3 is 0 Å². The minimum absolute atomic E-state index is 0.0551. The van der Waals surface area contributed by atoms with Crippen LogP contribution in [0.25, 0.3) is 11.1 Å². The fraction of sp³-hybridized carbons (Fsp3) is 0.359. The third kappa shape index (κ3) is 3.37. The molecule has 0 aromatic heterocycles. The minimum atomic E-state index is -0.380. The van der Waals surface area contributed by atoms with Crippen LogP contribution < -0.4 is 4.90 Å². The van der Waals surface area contributed by atoms with Crippen molar-refractivity contribution in [1.29, 1.82) is 0 Å². The molecule has 0 bridgehead atoms. The molecule has 4 aliphatic rings. The zero-order valence-electron chi connectivity index (χ0n) is 25.7. The van der Waals surface area contributed by atoms with E-state index < -0.39 is 0 Å². The minimum Gasteiger partial charge on any atom is -0.342 e. The first kappa shape index (κ1) is 25.8. The number of aliphatic imine (C=N–C) groups is 1. The van der Waals surface area contributed by atoms with Gasteiger partial charge in [0, 0.05) is 37.3 Å². The molecule has 3 nitrogen and oxygen atoms in total. The maximum atomic E-state index is 5.04. The van der Waals surface area contributed by atoms with Crippen molar-refractivity contribution in [3.63, 3.8) is 0 Å². The van der Waals surface area contributed by atoms with Gasteiger partial charge in [-0.25, -0.2) is 0 Å². The van der Waals surface area contributed by atoms with Crippen LogP contribution in [0.5, 0.6) is 0 Å². The average molecular weight is 552 g/mol. The van der Waals surface area contributed by atoms with Gasteiger partial charge in [-0.1, -0.05) is 107 Å². The molecule has 1 fully saturated rings. The van der Waals surface area contributed by atoms with E-state index in [1.54, 1.807) is 0 Å². The van der Waals surface area contributed by atoms with E-state index >= 15 is 0 Å². The van der Waals surface area contributed by atoms with Gasteiger partial charge in [-0.15, -0.1) is 0 Å². The number of anilines is 1. The monoisotopic (exact) mass is 551 g/mol. The van der Waals surface area contributed by atoms with Crippen LogP contribution in [0, 0.1) is 0 Å². The summed E-state index contributed by atoms with van der Waals surface area (Å²) < 4.78 is 0. The summed E-state index contributed by atoms with van der Waals surface area (Å²) in [6.07, 6.45) is 2.32. The van der Waals surface area contributed by atoms with Gasteiger partial charge in [0.2, 0.25) is 5.96 Å². The lowest BCUT2D eigenvalue weighted by atomic mass is 9.55. The van der Waals surface area contributed by atoms with Crippen molar-refractivity contribution in [3.8, 4) is 11.1 Å². The number of guanidine groups is 1. The molecule has 2 aliphatic heterocycles. The molecular formula is C39H41N3. The van der Waals surface area contributed by atoms with Gasteiger partial charge in [0.15, 0.2) is 0 Å². The lowest BCUT2D eigenvalue weighted by Gasteiger charge is -2.47.